The third kappa shape index (κ3) is 2.81. The summed E-state index contributed by atoms with van der Waals surface area (Å²) in [7, 11) is -1.79. The van der Waals surface area contributed by atoms with Crippen molar-refractivity contribution >= 4 is 27.2 Å². The number of rotatable bonds is 4. The molecule has 1 aliphatic carbocycles. The Bertz CT molecular complexity index is 773. The van der Waals surface area contributed by atoms with Gasteiger partial charge in [-0.15, -0.1) is 0 Å². The van der Waals surface area contributed by atoms with E-state index >= 15 is 0 Å². The van der Waals surface area contributed by atoms with Gasteiger partial charge in [0.15, 0.2) is 0 Å². The Balaban J connectivity index is 2.09. The average molecular weight is 334 g/mol. The highest BCUT2D eigenvalue weighted by Crippen LogP contribution is 2.42. The second-order valence-electron chi connectivity index (χ2n) is 6.13. The molecule has 1 fully saturated rings. The van der Waals surface area contributed by atoms with Gasteiger partial charge in [-0.2, -0.15) is 0 Å². The first-order chi connectivity index (χ1) is 11.0. The normalized spacial score (nSPS) is 18.0. The second kappa shape index (κ2) is 6.09. The zero-order chi connectivity index (χ0) is 16.6. The van der Waals surface area contributed by atoms with Crippen LogP contribution in [0.1, 0.15) is 44.6 Å². The number of nitrogens with one attached hydrogen (secondary N) is 1. The van der Waals surface area contributed by atoms with Gasteiger partial charge in [0.2, 0.25) is 10.0 Å². The number of nitrogens with zero attached hydrogens (tertiary/aromatic N) is 1. The Kier molecular flexibility index (Phi) is 4.29. The van der Waals surface area contributed by atoms with Crippen molar-refractivity contribution in [1.29, 1.82) is 0 Å². The van der Waals surface area contributed by atoms with Crippen molar-refractivity contribution in [2.24, 2.45) is 0 Å². The smallest absolute Gasteiger partial charge is 0.258 e. The SMILES string of the molecule is CCCNS(=O)(=O)c1ccc2c(c1)C(=C1CCCC1)C(=O)N2C. The summed E-state index contributed by atoms with van der Waals surface area (Å²) in [6.07, 6.45) is 4.79. The van der Waals surface area contributed by atoms with Crippen molar-refractivity contribution in [2.45, 2.75) is 43.9 Å². The van der Waals surface area contributed by atoms with E-state index in [0.717, 1.165) is 48.9 Å². The monoisotopic (exact) mass is 334 g/mol. The summed E-state index contributed by atoms with van der Waals surface area (Å²) in [6, 6.07) is 4.95. The first-order valence-electron chi connectivity index (χ1n) is 8.10. The number of sulfonamides is 1. The molecule has 5 nitrogen and oxygen atoms in total. The third-order valence-corrected chi connectivity index (χ3v) is 5.99. The number of anilines is 1. The van der Waals surface area contributed by atoms with Crippen LogP contribution in [0, 0.1) is 0 Å². The van der Waals surface area contributed by atoms with Gasteiger partial charge in [0, 0.05) is 24.7 Å². The minimum Gasteiger partial charge on any atom is -0.311 e. The molecule has 0 saturated heterocycles. The first-order valence-corrected chi connectivity index (χ1v) is 9.58. The first kappa shape index (κ1) is 16.2. The summed E-state index contributed by atoms with van der Waals surface area (Å²) in [5.74, 6) is -0.0204. The molecule has 0 bridgehead atoms. The Morgan fingerprint density at radius 3 is 2.57 bits per heavy atom. The quantitative estimate of drug-likeness (QED) is 0.861. The third-order valence-electron chi connectivity index (χ3n) is 4.53. The van der Waals surface area contributed by atoms with Crippen LogP contribution in [-0.4, -0.2) is 27.9 Å². The van der Waals surface area contributed by atoms with Crippen LogP contribution in [0.3, 0.4) is 0 Å². The van der Waals surface area contributed by atoms with Crippen LogP contribution in [0.15, 0.2) is 28.7 Å². The van der Waals surface area contributed by atoms with Crippen molar-refractivity contribution in [3.63, 3.8) is 0 Å². The number of amides is 1. The maximum atomic E-state index is 12.6. The van der Waals surface area contributed by atoms with E-state index in [0.29, 0.717) is 12.1 Å². The molecular weight excluding hydrogens is 312 g/mol. The molecule has 0 aromatic heterocycles. The van der Waals surface area contributed by atoms with Crippen LogP contribution in [0.25, 0.3) is 5.57 Å². The number of fused-ring (bicyclic) bond motifs is 1. The summed E-state index contributed by atoms with van der Waals surface area (Å²) in [6.45, 7) is 2.33. The number of carbonyl (C=O) groups excluding carboxylic acids is 1. The van der Waals surface area contributed by atoms with Gasteiger partial charge in [-0.05, 0) is 50.3 Å². The van der Waals surface area contributed by atoms with Gasteiger partial charge < -0.3 is 4.90 Å². The lowest BCUT2D eigenvalue weighted by Crippen LogP contribution is -2.24. The highest BCUT2D eigenvalue weighted by atomic mass is 32.2. The molecule has 124 valence electrons. The van der Waals surface area contributed by atoms with Gasteiger partial charge in [0.1, 0.15) is 0 Å². The van der Waals surface area contributed by atoms with E-state index in [1.807, 2.05) is 6.92 Å². The summed E-state index contributed by atoms with van der Waals surface area (Å²) in [5.41, 5.74) is 3.43. The lowest BCUT2D eigenvalue weighted by Gasteiger charge is -2.10. The molecule has 0 unspecified atom stereocenters. The molecule has 0 radical (unpaired) electrons. The molecule has 1 heterocycles. The van der Waals surface area contributed by atoms with Gasteiger partial charge in [0.25, 0.3) is 5.91 Å². The fourth-order valence-corrected chi connectivity index (χ4v) is 4.44. The van der Waals surface area contributed by atoms with Crippen molar-refractivity contribution in [3.05, 3.63) is 29.3 Å². The second-order valence-corrected chi connectivity index (χ2v) is 7.89. The van der Waals surface area contributed by atoms with Crippen LogP contribution in [0.2, 0.25) is 0 Å². The highest BCUT2D eigenvalue weighted by Gasteiger charge is 2.33. The van der Waals surface area contributed by atoms with Crippen molar-refractivity contribution in [2.75, 3.05) is 18.5 Å². The Labute approximate surface area is 137 Å². The fraction of sp³-hybridized carbons (Fsp3) is 0.471. The molecule has 23 heavy (non-hydrogen) atoms. The molecule has 2 aliphatic rings. The minimum atomic E-state index is -3.53. The number of allylic oxidation sites excluding steroid dienone is 1. The lowest BCUT2D eigenvalue weighted by atomic mass is 10.00. The van der Waals surface area contributed by atoms with E-state index in [-0.39, 0.29) is 10.8 Å². The molecular formula is C17H22N2O3S. The molecule has 1 amide bonds. The molecule has 1 aromatic carbocycles. The van der Waals surface area contributed by atoms with E-state index in [1.165, 1.54) is 0 Å². The lowest BCUT2D eigenvalue weighted by molar-refractivity contribution is -0.112. The number of carbonyl (C=O) groups is 1. The van der Waals surface area contributed by atoms with Crippen LogP contribution >= 0.6 is 0 Å². The standard InChI is InChI=1S/C17H22N2O3S/c1-3-10-18-23(21,22)13-8-9-15-14(11-13)16(17(20)19(15)2)12-6-4-5-7-12/h8-9,11,18H,3-7,10H2,1-2H3. The van der Waals surface area contributed by atoms with Crippen LogP contribution in [0.5, 0.6) is 0 Å². The molecule has 1 aromatic rings. The number of likely N-dealkylation sites (N-methyl/N-ethyl adjacent to an activating group) is 1. The predicted octanol–water partition coefficient (Wildman–Crippen LogP) is 2.68. The average Bonchev–Trinajstić information content (AvgIpc) is 3.13. The minimum absolute atomic E-state index is 0.0204. The van der Waals surface area contributed by atoms with Gasteiger partial charge in [-0.3, -0.25) is 4.79 Å². The van der Waals surface area contributed by atoms with E-state index in [2.05, 4.69) is 4.72 Å². The predicted molar refractivity (Wildman–Crippen MR) is 90.7 cm³/mol. The molecule has 1 saturated carbocycles. The summed E-state index contributed by atoms with van der Waals surface area (Å²) in [5, 5.41) is 0. The van der Waals surface area contributed by atoms with E-state index in [4.69, 9.17) is 0 Å². The molecule has 0 spiro atoms. The van der Waals surface area contributed by atoms with Crippen molar-refractivity contribution < 1.29 is 13.2 Å². The van der Waals surface area contributed by atoms with Crippen LogP contribution < -0.4 is 9.62 Å². The molecule has 3 rings (SSSR count). The maximum Gasteiger partial charge on any atom is 0.258 e. The van der Waals surface area contributed by atoms with Gasteiger partial charge in [0.05, 0.1) is 10.6 Å². The Morgan fingerprint density at radius 2 is 1.91 bits per heavy atom. The van der Waals surface area contributed by atoms with E-state index < -0.39 is 10.0 Å². The molecule has 1 aliphatic heterocycles. The summed E-state index contributed by atoms with van der Waals surface area (Å²) in [4.78, 5) is 14.4. The maximum absolute atomic E-state index is 12.6. The zero-order valence-corrected chi connectivity index (χ0v) is 14.4. The summed E-state index contributed by atoms with van der Waals surface area (Å²) < 4.78 is 27.3. The highest BCUT2D eigenvalue weighted by molar-refractivity contribution is 7.89. The van der Waals surface area contributed by atoms with Gasteiger partial charge in [-0.25, -0.2) is 13.1 Å². The molecule has 1 N–H and O–H groups in total. The molecule has 6 heteroatoms. The zero-order valence-electron chi connectivity index (χ0n) is 13.6. The van der Waals surface area contributed by atoms with Crippen molar-refractivity contribution in [3.8, 4) is 0 Å². The van der Waals surface area contributed by atoms with E-state index in [9.17, 15) is 13.2 Å². The van der Waals surface area contributed by atoms with Gasteiger partial charge in [-0.1, -0.05) is 12.5 Å². The fourth-order valence-electron chi connectivity index (χ4n) is 3.28. The van der Waals surface area contributed by atoms with E-state index in [1.54, 1.807) is 30.1 Å². The van der Waals surface area contributed by atoms with Crippen molar-refractivity contribution in [1.82, 2.24) is 4.72 Å². The number of hydrogen-bond acceptors (Lipinski definition) is 3. The number of hydrogen-bond donors (Lipinski definition) is 1. The van der Waals surface area contributed by atoms with Crippen LogP contribution in [0.4, 0.5) is 5.69 Å². The Hall–Kier alpha value is -1.66. The van der Waals surface area contributed by atoms with Crippen LogP contribution in [-0.2, 0) is 14.8 Å². The Morgan fingerprint density at radius 1 is 1.22 bits per heavy atom. The molecule has 0 atom stereocenters. The number of benzene rings is 1. The van der Waals surface area contributed by atoms with Gasteiger partial charge >= 0.3 is 0 Å². The summed E-state index contributed by atoms with van der Waals surface area (Å²) >= 11 is 0. The topological polar surface area (TPSA) is 66.5 Å². The largest absolute Gasteiger partial charge is 0.311 e.